The Morgan fingerprint density at radius 1 is 1.15 bits per heavy atom. The van der Waals surface area contributed by atoms with Crippen molar-refractivity contribution in [2.75, 3.05) is 13.1 Å². The average molecular weight is 275 g/mol. The van der Waals surface area contributed by atoms with E-state index in [-0.39, 0.29) is 0 Å². The van der Waals surface area contributed by atoms with Gasteiger partial charge in [-0.1, -0.05) is 31.9 Å². The van der Waals surface area contributed by atoms with E-state index in [1.54, 1.807) is 0 Å². The number of nitrogens with one attached hydrogen (secondary N) is 1. The molecule has 2 heteroatoms. The molecule has 0 aromatic heterocycles. The van der Waals surface area contributed by atoms with Crippen LogP contribution in [0.4, 0.5) is 0 Å². The molecule has 0 spiro atoms. The molecule has 1 atom stereocenters. The summed E-state index contributed by atoms with van der Waals surface area (Å²) in [4.78, 5) is 0. The maximum Gasteiger partial charge on any atom is 0.123 e. The number of benzene rings is 1. The lowest BCUT2D eigenvalue weighted by Crippen LogP contribution is -2.15. The Kier molecular flexibility index (Phi) is 6.38. The van der Waals surface area contributed by atoms with Crippen LogP contribution in [0.25, 0.3) is 0 Å². The monoisotopic (exact) mass is 275 g/mol. The van der Waals surface area contributed by atoms with Crippen molar-refractivity contribution in [2.45, 2.75) is 64.9 Å². The third-order valence-electron chi connectivity index (χ3n) is 3.96. The molecule has 0 aliphatic carbocycles. The van der Waals surface area contributed by atoms with E-state index < -0.39 is 0 Å². The van der Waals surface area contributed by atoms with Gasteiger partial charge in [-0.25, -0.2) is 0 Å². The van der Waals surface area contributed by atoms with Crippen molar-refractivity contribution < 1.29 is 4.74 Å². The summed E-state index contributed by atoms with van der Waals surface area (Å²) in [5, 5.41) is 3.46. The third kappa shape index (κ3) is 4.82. The van der Waals surface area contributed by atoms with Crippen LogP contribution in [-0.2, 0) is 12.8 Å². The van der Waals surface area contributed by atoms with Gasteiger partial charge in [0.2, 0.25) is 0 Å². The maximum atomic E-state index is 5.74. The largest absolute Gasteiger partial charge is 0.490 e. The zero-order valence-electron chi connectivity index (χ0n) is 13.1. The van der Waals surface area contributed by atoms with Gasteiger partial charge in [-0.05, 0) is 62.9 Å². The van der Waals surface area contributed by atoms with Crippen LogP contribution >= 0.6 is 0 Å². The standard InChI is InChI=1S/C18H29NO/c1-3-11-19-12-7-5-4-6-8-16-9-10-18-17(14-16)13-15(2)20-18/h9-10,14-15,19H,3-8,11-13H2,1-2H3. The van der Waals surface area contributed by atoms with E-state index >= 15 is 0 Å². The number of fused-ring (bicyclic) bond motifs is 1. The highest BCUT2D eigenvalue weighted by molar-refractivity contribution is 5.40. The lowest BCUT2D eigenvalue weighted by atomic mass is 10.0. The molecule has 20 heavy (non-hydrogen) atoms. The van der Waals surface area contributed by atoms with Crippen molar-refractivity contribution >= 4 is 0 Å². The van der Waals surface area contributed by atoms with Gasteiger partial charge in [0.15, 0.2) is 0 Å². The highest BCUT2D eigenvalue weighted by atomic mass is 16.5. The predicted octanol–water partition coefficient (Wildman–Crippen LogP) is 4.11. The third-order valence-corrected chi connectivity index (χ3v) is 3.96. The van der Waals surface area contributed by atoms with Gasteiger partial charge in [0.1, 0.15) is 11.9 Å². The maximum absolute atomic E-state index is 5.74. The van der Waals surface area contributed by atoms with Crippen LogP contribution in [0.5, 0.6) is 5.75 Å². The summed E-state index contributed by atoms with van der Waals surface area (Å²) in [6.45, 7) is 6.71. The van der Waals surface area contributed by atoms with Gasteiger partial charge < -0.3 is 10.1 Å². The first-order valence-electron chi connectivity index (χ1n) is 8.28. The summed E-state index contributed by atoms with van der Waals surface area (Å²) in [5.74, 6) is 1.10. The van der Waals surface area contributed by atoms with Crippen LogP contribution < -0.4 is 10.1 Å². The Morgan fingerprint density at radius 3 is 2.85 bits per heavy atom. The van der Waals surface area contributed by atoms with Gasteiger partial charge in [-0.3, -0.25) is 0 Å². The molecule has 1 aromatic carbocycles. The van der Waals surface area contributed by atoms with Gasteiger partial charge in [0.25, 0.3) is 0 Å². The first-order valence-corrected chi connectivity index (χ1v) is 8.28. The van der Waals surface area contributed by atoms with Crippen LogP contribution in [0.3, 0.4) is 0 Å². The second kappa shape index (κ2) is 8.31. The van der Waals surface area contributed by atoms with Crippen LogP contribution in [0.1, 0.15) is 57.1 Å². The molecule has 2 rings (SSSR count). The summed E-state index contributed by atoms with van der Waals surface area (Å²) in [5.41, 5.74) is 2.88. The van der Waals surface area contributed by atoms with Gasteiger partial charge >= 0.3 is 0 Å². The van der Waals surface area contributed by atoms with E-state index in [0.717, 1.165) is 18.7 Å². The van der Waals surface area contributed by atoms with E-state index in [2.05, 4.69) is 37.4 Å². The molecule has 112 valence electrons. The van der Waals surface area contributed by atoms with Crippen LogP contribution in [0, 0.1) is 0 Å². The van der Waals surface area contributed by atoms with Gasteiger partial charge in [0.05, 0.1) is 0 Å². The SMILES string of the molecule is CCCNCCCCCCc1ccc2c(c1)CC(C)O2. The van der Waals surface area contributed by atoms with Gasteiger partial charge in [0, 0.05) is 6.42 Å². The van der Waals surface area contributed by atoms with E-state index in [4.69, 9.17) is 4.74 Å². The summed E-state index contributed by atoms with van der Waals surface area (Å²) in [6, 6.07) is 6.74. The number of rotatable bonds is 9. The topological polar surface area (TPSA) is 21.3 Å². The summed E-state index contributed by atoms with van der Waals surface area (Å²) in [6.07, 6.45) is 9.20. The first kappa shape index (κ1) is 15.4. The fraction of sp³-hybridized carbons (Fsp3) is 0.667. The van der Waals surface area contributed by atoms with E-state index in [0.29, 0.717) is 6.10 Å². The molecular weight excluding hydrogens is 246 g/mol. The zero-order chi connectivity index (χ0) is 14.2. The minimum atomic E-state index is 0.357. The highest BCUT2D eigenvalue weighted by Crippen LogP contribution is 2.29. The van der Waals surface area contributed by atoms with Crippen LogP contribution in [0.15, 0.2) is 18.2 Å². The Labute approximate surface area is 123 Å². The Bertz CT molecular complexity index is 402. The molecule has 0 fully saturated rings. The number of aryl methyl sites for hydroxylation is 1. The summed E-state index contributed by atoms with van der Waals surface area (Å²) in [7, 11) is 0. The van der Waals surface area contributed by atoms with E-state index in [1.165, 1.54) is 56.2 Å². The lowest BCUT2D eigenvalue weighted by Gasteiger charge is -2.05. The zero-order valence-corrected chi connectivity index (χ0v) is 13.1. The lowest BCUT2D eigenvalue weighted by molar-refractivity contribution is 0.254. The second-order valence-electron chi connectivity index (χ2n) is 5.99. The van der Waals surface area contributed by atoms with Crippen molar-refractivity contribution in [3.05, 3.63) is 29.3 Å². The molecule has 1 heterocycles. The van der Waals surface area contributed by atoms with Crippen molar-refractivity contribution in [3.8, 4) is 5.75 Å². The molecule has 1 unspecified atom stereocenters. The minimum Gasteiger partial charge on any atom is -0.490 e. The first-order chi connectivity index (χ1) is 9.79. The normalized spacial score (nSPS) is 17.0. The second-order valence-corrected chi connectivity index (χ2v) is 5.99. The highest BCUT2D eigenvalue weighted by Gasteiger charge is 2.18. The number of ether oxygens (including phenoxy) is 1. The smallest absolute Gasteiger partial charge is 0.123 e. The average Bonchev–Trinajstić information content (AvgIpc) is 2.81. The molecule has 1 aliphatic rings. The fourth-order valence-corrected chi connectivity index (χ4v) is 2.87. The Morgan fingerprint density at radius 2 is 2.00 bits per heavy atom. The number of hydrogen-bond donors (Lipinski definition) is 1. The quantitative estimate of drug-likeness (QED) is 0.685. The molecule has 1 N–H and O–H groups in total. The van der Waals surface area contributed by atoms with Crippen LogP contribution in [0.2, 0.25) is 0 Å². The van der Waals surface area contributed by atoms with Crippen molar-refractivity contribution in [1.82, 2.24) is 5.32 Å². The van der Waals surface area contributed by atoms with Gasteiger partial charge in [-0.2, -0.15) is 0 Å². The van der Waals surface area contributed by atoms with Crippen molar-refractivity contribution in [3.63, 3.8) is 0 Å². The summed E-state index contributed by atoms with van der Waals surface area (Å²) >= 11 is 0. The van der Waals surface area contributed by atoms with Crippen molar-refractivity contribution in [1.29, 1.82) is 0 Å². The Hall–Kier alpha value is -1.02. The van der Waals surface area contributed by atoms with Gasteiger partial charge in [-0.15, -0.1) is 0 Å². The Balaban J connectivity index is 1.59. The van der Waals surface area contributed by atoms with Crippen molar-refractivity contribution in [2.24, 2.45) is 0 Å². The fourth-order valence-electron chi connectivity index (χ4n) is 2.87. The molecule has 0 saturated heterocycles. The molecule has 1 aromatic rings. The molecule has 1 aliphatic heterocycles. The molecule has 0 bridgehead atoms. The predicted molar refractivity (Wildman–Crippen MR) is 85.6 cm³/mol. The molecule has 0 amide bonds. The molecule has 0 saturated carbocycles. The van der Waals surface area contributed by atoms with E-state index in [1.807, 2.05) is 0 Å². The number of hydrogen-bond acceptors (Lipinski definition) is 2. The molecule has 0 radical (unpaired) electrons. The minimum absolute atomic E-state index is 0.357. The summed E-state index contributed by atoms with van der Waals surface area (Å²) < 4.78 is 5.74. The molecular formula is C18H29NO. The van der Waals surface area contributed by atoms with Crippen LogP contribution in [-0.4, -0.2) is 19.2 Å². The number of unbranched alkanes of at least 4 members (excludes halogenated alkanes) is 3. The molecule has 2 nitrogen and oxygen atoms in total. The van der Waals surface area contributed by atoms with E-state index in [9.17, 15) is 0 Å².